The summed E-state index contributed by atoms with van der Waals surface area (Å²) >= 11 is 3.42. The number of nitrogens with zero attached hydrogens (tertiary/aromatic N) is 1. The molecule has 4 heteroatoms. The highest BCUT2D eigenvalue weighted by atomic mass is 79.9. The van der Waals surface area contributed by atoms with E-state index in [2.05, 4.69) is 15.9 Å². The van der Waals surface area contributed by atoms with Gasteiger partial charge in [0.05, 0.1) is 6.10 Å². The summed E-state index contributed by atoms with van der Waals surface area (Å²) in [6, 6.07) is 5.57. The smallest absolute Gasteiger partial charge is 0.254 e. The Morgan fingerprint density at radius 3 is 2.71 bits per heavy atom. The van der Waals surface area contributed by atoms with Crippen LogP contribution in [0.15, 0.2) is 22.7 Å². The zero-order valence-corrected chi connectivity index (χ0v) is 12.0. The molecule has 0 aliphatic carbocycles. The lowest BCUT2D eigenvalue weighted by Crippen LogP contribution is -2.36. The van der Waals surface area contributed by atoms with Crippen molar-refractivity contribution in [3.63, 3.8) is 0 Å². The molecule has 1 aromatic carbocycles. The third-order valence-corrected chi connectivity index (χ3v) is 3.51. The molecule has 0 radical (unpaired) electrons. The van der Waals surface area contributed by atoms with Crippen molar-refractivity contribution in [3.05, 3.63) is 33.8 Å². The molecule has 0 aliphatic heterocycles. The molecule has 0 aliphatic rings. The second kappa shape index (κ2) is 6.17. The van der Waals surface area contributed by atoms with Crippen molar-refractivity contribution in [1.82, 2.24) is 4.90 Å². The number of aliphatic hydroxyl groups excluding tert-OH is 1. The van der Waals surface area contributed by atoms with E-state index in [1.54, 1.807) is 11.8 Å². The second-order valence-electron chi connectivity index (χ2n) is 4.11. The fourth-order valence-electron chi connectivity index (χ4n) is 1.68. The van der Waals surface area contributed by atoms with Crippen LogP contribution in [-0.4, -0.2) is 35.1 Å². The minimum atomic E-state index is -0.508. The summed E-state index contributed by atoms with van der Waals surface area (Å²) in [6.45, 7) is 6.46. The fourth-order valence-corrected chi connectivity index (χ4v) is 2.05. The lowest BCUT2D eigenvalue weighted by Gasteiger charge is -2.23. The number of benzene rings is 1. The highest BCUT2D eigenvalue weighted by Crippen LogP contribution is 2.20. The van der Waals surface area contributed by atoms with Crippen molar-refractivity contribution in [1.29, 1.82) is 0 Å². The molecular weight excluding hydrogens is 282 g/mol. The standard InChI is InChI=1S/C13H18BrNO2/c1-4-15(8-9(2)16)13(17)11-6-5-7-12(14)10(11)3/h5-7,9,16H,4,8H2,1-3H3/t9-/m1/s1. The maximum Gasteiger partial charge on any atom is 0.254 e. The van der Waals surface area contributed by atoms with Gasteiger partial charge in [-0.3, -0.25) is 4.79 Å². The molecule has 0 fully saturated rings. The third-order valence-electron chi connectivity index (χ3n) is 2.65. The van der Waals surface area contributed by atoms with Crippen LogP contribution in [0.4, 0.5) is 0 Å². The van der Waals surface area contributed by atoms with Crippen LogP contribution < -0.4 is 0 Å². The molecule has 1 N–H and O–H groups in total. The molecule has 0 unspecified atom stereocenters. The molecule has 17 heavy (non-hydrogen) atoms. The van der Waals surface area contributed by atoms with Crippen LogP contribution in [0.1, 0.15) is 29.8 Å². The minimum absolute atomic E-state index is 0.0350. The van der Waals surface area contributed by atoms with Crippen LogP contribution in [0, 0.1) is 6.92 Å². The number of hydrogen-bond donors (Lipinski definition) is 1. The van der Waals surface area contributed by atoms with E-state index in [9.17, 15) is 9.90 Å². The molecule has 0 saturated heterocycles. The van der Waals surface area contributed by atoms with Gasteiger partial charge in [-0.2, -0.15) is 0 Å². The van der Waals surface area contributed by atoms with Crippen molar-refractivity contribution in [2.24, 2.45) is 0 Å². The number of carbonyl (C=O) groups excluding carboxylic acids is 1. The monoisotopic (exact) mass is 299 g/mol. The number of halogens is 1. The molecule has 0 heterocycles. The van der Waals surface area contributed by atoms with Gasteiger partial charge in [-0.1, -0.05) is 22.0 Å². The van der Waals surface area contributed by atoms with E-state index < -0.39 is 6.10 Å². The molecule has 1 rings (SSSR count). The first kappa shape index (κ1) is 14.2. The normalized spacial score (nSPS) is 12.3. The first-order valence-electron chi connectivity index (χ1n) is 5.69. The van der Waals surface area contributed by atoms with E-state index in [0.717, 1.165) is 10.0 Å². The Morgan fingerprint density at radius 1 is 1.53 bits per heavy atom. The number of aliphatic hydroxyl groups is 1. The molecule has 94 valence electrons. The zero-order valence-electron chi connectivity index (χ0n) is 10.4. The van der Waals surface area contributed by atoms with Crippen LogP contribution in [0.3, 0.4) is 0 Å². The molecule has 3 nitrogen and oxygen atoms in total. The summed E-state index contributed by atoms with van der Waals surface area (Å²) in [5.74, 6) is -0.0350. The van der Waals surface area contributed by atoms with Gasteiger partial charge >= 0.3 is 0 Å². The zero-order chi connectivity index (χ0) is 13.0. The van der Waals surface area contributed by atoms with Gasteiger partial charge in [0.15, 0.2) is 0 Å². The third kappa shape index (κ3) is 3.54. The second-order valence-corrected chi connectivity index (χ2v) is 4.96. The Hall–Kier alpha value is -0.870. The van der Waals surface area contributed by atoms with Gasteiger partial charge in [0.2, 0.25) is 0 Å². The van der Waals surface area contributed by atoms with E-state index in [-0.39, 0.29) is 5.91 Å². The molecule has 1 atom stereocenters. The molecule has 0 aromatic heterocycles. The molecule has 1 aromatic rings. The van der Waals surface area contributed by atoms with E-state index in [4.69, 9.17) is 0 Å². The topological polar surface area (TPSA) is 40.5 Å². The van der Waals surface area contributed by atoms with Gasteiger partial charge in [0.25, 0.3) is 5.91 Å². The number of amides is 1. The van der Waals surface area contributed by atoms with Crippen LogP contribution in [0.25, 0.3) is 0 Å². The van der Waals surface area contributed by atoms with Gasteiger partial charge < -0.3 is 10.0 Å². The predicted molar refractivity (Wildman–Crippen MR) is 72.1 cm³/mol. The van der Waals surface area contributed by atoms with Crippen molar-refractivity contribution < 1.29 is 9.90 Å². The minimum Gasteiger partial charge on any atom is -0.392 e. The van der Waals surface area contributed by atoms with Gasteiger partial charge in [0, 0.05) is 23.1 Å². The van der Waals surface area contributed by atoms with E-state index in [1.807, 2.05) is 32.0 Å². The Bertz CT molecular complexity index is 404. The quantitative estimate of drug-likeness (QED) is 0.928. The van der Waals surface area contributed by atoms with Crippen LogP contribution in [0.2, 0.25) is 0 Å². The molecule has 1 amide bonds. The summed E-state index contributed by atoms with van der Waals surface area (Å²) in [5, 5.41) is 9.37. The lowest BCUT2D eigenvalue weighted by molar-refractivity contribution is 0.0659. The molecule has 0 bridgehead atoms. The van der Waals surface area contributed by atoms with E-state index >= 15 is 0 Å². The number of likely N-dealkylation sites (N-methyl/N-ethyl adjacent to an activating group) is 1. The van der Waals surface area contributed by atoms with Gasteiger partial charge in [-0.15, -0.1) is 0 Å². The maximum atomic E-state index is 12.3. The van der Waals surface area contributed by atoms with E-state index in [1.165, 1.54) is 0 Å². The van der Waals surface area contributed by atoms with Gasteiger partial charge in [0.1, 0.15) is 0 Å². The van der Waals surface area contributed by atoms with Crippen molar-refractivity contribution in [2.45, 2.75) is 26.9 Å². The van der Waals surface area contributed by atoms with Crippen LogP contribution in [-0.2, 0) is 0 Å². The van der Waals surface area contributed by atoms with E-state index in [0.29, 0.717) is 18.7 Å². The Morgan fingerprint density at radius 2 is 2.18 bits per heavy atom. The van der Waals surface area contributed by atoms with Crippen molar-refractivity contribution in [2.75, 3.05) is 13.1 Å². The van der Waals surface area contributed by atoms with Gasteiger partial charge in [-0.05, 0) is 38.5 Å². The lowest BCUT2D eigenvalue weighted by atomic mass is 10.1. The average molecular weight is 300 g/mol. The number of carbonyl (C=O) groups is 1. The summed E-state index contributed by atoms with van der Waals surface area (Å²) in [7, 11) is 0. The molecular formula is C13H18BrNO2. The van der Waals surface area contributed by atoms with Crippen LogP contribution >= 0.6 is 15.9 Å². The molecule has 0 spiro atoms. The predicted octanol–water partition coefficient (Wildman–Crippen LogP) is 2.60. The SMILES string of the molecule is CCN(C[C@@H](C)O)C(=O)c1cccc(Br)c1C. The maximum absolute atomic E-state index is 12.3. The first-order chi connectivity index (χ1) is 7.97. The molecule has 0 saturated carbocycles. The van der Waals surface area contributed by atoms with Crippen molar-refractivity contribution in [3.8, 4) is 0 Å². The van der Waals surface area contributed by atoms with Gasteiger partial charge in [-0.25, -0.2) is 0 Å². The van der Waals surface area contributed by atoms with Crippen LogP contribution in [0.5, 0.6) is 0 Å². The average Bonchev–Trinajstić information content (AvgIpc) is 2.28. The first-order valence-corrected chi connectivity index (χ1v) is 6.49. The van der Waals surface area contributed by atoms with Crippen molar-refractivity contribution >= 4 is 21.8 Å². The Balaban J connectivity index is 2.98. The largest absolute Gasteiger partial charge is 0.392 e. The highest BCUT2D eigenvalue weighted by molar-refractivity contribution is 9.10. The Kier molecular flexibility index (Phi) is 5.15. The summed E-state index contributed by atoms with van der Waals surface area (Å²) < 4.78 is 0.927. The summed E-state index contributed by atoms with van der Waals surface area (Å²) in [5.41, 5.74) is 1.61. The number of hydrogen-bond acceptors (Lipinski definition) is 2. The fraction of sp³-hybridized carbons (Fsp3) is 0.462. The highest BCUT2D eigenvalue weighted by Gasteiger charge is 2.18. The Labute approximate surface area is 111 Å². The summed E-state index contributed by atoms with van der Waals surface area (Å²) in [6.07, 6.45) is -0.508. The summed E-state index contributed by atoms with van der Waals surface area (Å²) in [4.78, 5) is 13.9. The number of rotatable bonds is 4.